The molecule has 0 bridgehead atoms. The van der Waals surface area contributed by atoms with Gasteiger partial charge in [0.2, 0.25) is 0 Å². The van der Waals surface area contributed by atoms with Gasteiger partial charge in [-0.25, -0.2) is 18.4 Å². The second-order valence-electron chi connectivity index (χ2n) is 6.93. The Morgan fingerprint density at radius 1 is 1.12 bits per heavy atom. The highest BCUT2D eigenvalue weighted by Gasteiger charge is 2.19. The molecule has 0 aliphatic carbocycles. The first-order valence-electron chi connectivity index (χ1n) is 9.80. The molecular formula is C22H15ClF2N4O5. The normalized spacial score (nSPS) is 10.9. The average Bonchev–Trinajstić information content (AvgIpc) is 3.16. The summed E-state index contributed by atoms with van der Waals surface area (Å²) in [7, 11) is 0. The number of nitrogens with zero attached hydrogens (tertiary/aromatic N) is 4. The first-order chi connectivity index (χ1) is 16.3. The molecule has 0 radical (unpaired) electrons. The summed E-state index contributed by atoms with van der Waals surface area (Å²) in [5.74, 6) is -3.89. The van der Waals surface area contributed by atoms with Crippen LogP contribution in [0.5, 0.6) is 11.8 Å². The third-order valence-corrected chi connectivity index (χ3v) is 4.91. The second-order valence-corrected chi connectivity index (χ2v) is 7.34. The van der Waals surface area contributed by atoms with Gasteiger partial charge >= 0.3 is 17.9 Å². The Labute approximate surface area is 195 Å². The smallest absolute Gasteiger partial charge is 0.324 e. The number of aromatic nitrogens is 4. The van der Waals surface area contributed by atoms with Gasteiger partial charge < -0.3 is 14.6 Å². The molecule has 0 amide bonds. The Morgan fingerprint density at radius 3 is 2.65 bits per heavy atom. The summed E-state index contributed by atoms with van der Waals surface area (Å²) in [5, 5.41) is 14.0. The van der Waals surface area contributed by atoms with E-state index in [2.05, 4.69) is 15.1 Å². The van der Waals surface area contributed by atoms with Crippen molar-refractivity contribution in [2.75, 3.05) is 0 Å². The Bertz CT molecular complexity index is 1400. The molecule has 0 fully saturated rings. The lowest BCUT2D eigenvalue weighted by atomic mass is 10.1. The van der Waals surface area contributed by atoms with Crippen LogP contribution in [0.15, 0.2) is 48.7 Å². The minimum absolute atomic E-state index is 0.175. The molecule has 4 rings (SSSR count). The molecule has 0 saturated heterocycles. The van der Waals surface area contributed by atoms with Crippen LogP contribution < -0.4 is 4.74 Å². The zero-order chi connectivity index (χ0) is 24.2. The number of carbonyl (C=O) groups is 2. The molecule has 0 spiro atoms. The van der Waals surface area contributed by atoms with Crippen LogP contribution >= 0.6 is 11.6 Å². The lowest BCUT2D eigenvalue weighted by Gasteiger charge is -2.07. The number of halogens is 3. The lowest BCUT2D eigenvalue weighted by molar-refractivity contribution is -0.150. The summed E-state index contributed by atoms with van der Waals surface area (Å²) in [6.45, 7) is -0.388. The minimum atomic E-state index is -1.13. The van der Waals surface area contributed by atoms with E-state index in [0.717, 1.165) is 12.1 Å². The number of carboxylic acid groups (broad SMARTS) is 1. The Balaban J connectivity index is 1.70. The van der Waals surface area contributed by atoms with E-state index in [9.17, 15) is 18.4 Å². The summed E-state index contributed by atoms with van der Waals surface area (Å²) >= 11 is 6.31. The fraction of sp³-hybridized carbons (Fsp3) is 0.136. The van der Waals surface area contributed by atoms with Crippen molar-refractivity contribution in [3.05, 3.63) is 65.3 Å². The molecule has 0 aliphatic rings. The zero-order valence-electron chi connectivity index (χ0n) is 17.2. The number of carbonyl (C=O) groups excluding carboxylic acids is 1. The number of rotatable bonds is 8. The molecule has 0 atom stereocenters. The fourth-order valence-corrected chi connectivity index (χ4v) is 3.23. The highest BCUT2D eigenvalue weighted by molar-refractivity contribution is 6.33. The highest BCUT2D eigenvalue weighted by atomic mass is 35.5. The van der Waals surface area contributed by atoms with E-state index in [1.165, 1.54) is 10.9 Å². The van der Waals surface area contributed by atoms with Gasteiger partial charge in [-0.05, 0) is 18.2 Å². The van der Waals surface area contributed by atoms with Crippen LogP contribution in [0.1, 0.15) is 12.8 Å². The fourth-order valence-electron chi connectivity index (χ4n) is 3.00. The summed E-state index contributed by atoms with van der Waals surface area (Å²) in [6.07, 6.45) is 0.680. The van der Waals surface area contributed by atoms with Crippen LogP contribution in [-0.2, 0) is 21.1 Å². The van der Waals surface area contributed by atoms with Crippen LogP contribution in [0.3, 0.4) is 0 Å². The van der Waals surface area contributed by atoms with E-state index in [1.807, 2.05) is 0 Å². The Kier molecular flexibility index (Phi) is 6.64. The van der Waals surface area contributed by atoms with Crippen molar-refractivity contribution in [1.82, 2.24) is 19.7 Å². The van der Waals surface area contributed by atoms with Gasteiger partial charge in [-0.1, -0.05) is 29.8 Å². The van der Waals surface area contributed by atoms with E-state index in [1.54, 1.807) is 24.3 Å². The van der Waals surface area contributed by atoms with Crippen LogP contribution in [0.2, 0.25) is 5.02 Å². The predicted molar refractivity (Wildman–Crippen MR) is 115 cm³/mol. The summed E-state index contributed by atoms with van der Waals surface area (Å²) in [5.41, 5.74) is 1.13. The van der Waals surface area contributed by atoms with Crippen LogP contribution in [0, 0.1) is 11.6 Å². The van der Waals surface area contributed by atoms with Crippen molar-refractivity contribution >= 4 is 34.6 Å². The van der Waals surface area contributed by atoms with E-state index in [4.69, 9.17) is 26.2 Å². The van der Waals surface area contributed by atoms with Gasteiger partial charge in [0, 0.05) is 17.8 Å². The van der Waals surface area contributed by atoms with Crippen molar-refractivity contribution in [1.29, 1.82) is 0 Å². The van der Waals surface area contributed by atoms with Gasteiger partial charge in [0.15, 0.2) is 23.9 Å². The van der Waals surface area contributed by atoms with Gasteiger partial charge in [-0.15, -0.1) is 0 Å². The molecule has 174 valence electrons. The third-order valence-electron chi connectivity index (χ3n) is 4.58. The number of hydrogen-bond acceptors (Lipinski definition) is 7. The Morgan fingerprint density at radius 2 is 1.91 bits per heavy atom. The van der Waals surface area contributed by atoms with Crippen molar-refractivity contribution < 1.29 is 33.0 Å². The van der Waals surface area contributed by atoms with Gasteiger partial charge in [0.1, 0.15) is 11.5 Å². The minimum Gasteiger partial charge on any atom is -0.481 e. The number of benzene rings is 2. The standard InChI is InChI=1S/C22H15ClF2N4O5/c23-15-4-2-1-3-13(15)20-14-10-26-22(34-17-6-5-12(24)9-16(17)25)27-21(14)29(28-20)11-33-19(32)8-7-18(30)31/h1-6,9-10H,7-8,11H2,(H,30,31). The van der Waals surface area contributed by atoms with Crippen molar-refractivity contribution in [2.45, 2.75) is 19.6 Å². The van der Waals surface area contributed by atoms with Gasteiger partial charge in [0.05, 0.1) is 23.3 Å². The Hall–Kier alpha value is -4.12. The SMILES string of the molecule is O=C(O)CCC(=O)OCn1nc(-c2ccccc2Cl)c2cnc(Oc3ccc(F)cc3F)nc21. The maximum Gasteiger partial charge on any atom is 0.324 e. The summed E-state index contributed by atoms with van der Waals surface area (Å²) in [4.78, 5) is 30.9. The molecule has 4 aromatic rings. The number of carboxylic acids is 1. The van der Waals surface area contributed by atoms with Crippen molar-refractivity contribution in [3.8, 4) is 23.0 Å². The maximum atomic E-state index is 14.0. The summed E-state index contributed by atoms with van der Waals surface area (Å²) in [6, 6.07) is 9.41. The second kappa shape index (κ2) is 9.79. The highest BCUT2D eigenvalue weighted by Crippen LogP contribution is 2.33. The van der Waals surface area contributed by atoms with E-state index < -0.39 is 23.6 Å². The molecule has 34 heavy (non-hydrogen) atoms. The van der Waals surface area contributed by atoms with Crippen LogP contribution in [0.25, 0.3) is 22.3 Å². The molecule has 0 aliphatic heterocycles. The molecule has 9 nitrogen and oxygen atoms in total. The first-order valence-corrected chi connectivity index (χ1v) is 10.2. The van der Waals surface area contributed by atoms with Gasteiger partial charge in [0.25, 0.3) is 0 Å². The molecule has 12 heteroatoms. The monoisotopic (exact) mass is 488 g/mol. The number of hydrogen-bond donors (Lipinski definition) is 1. The average molecular weight is 489 g/mol. The molecule has 2 aromatic heterocycles. The van der Waals surface area contributed by atoms with Crippen LogP contribution in [0.4, 0.5) is 8.78 Å². The third kappa shape index (κ3) is 5.09. The van der Waals surface area contributed by atoms with Crippen LogP contribution in [-0.4, -0.2) is 36.8 Å². The zero-order valence-corrected chi connectivity index (χ0v) is 18.0. The number of aliphatic carboxylic acids is 1. The molecule has 0 saturated carbocycles. The summed E-state index contributed by atoms with van der Waals surface area (Å²) < 4.78 is 38.9. The van der Waals surface area contributed by atoms with Gasteiger partial charge in [-0.2, -0.15) is 10.1 Å². The number of fused-ring (bicyclic) bond motifs is 1. The lowest BCUT2D eigenvalue weighted by Crippen LogP contribution is -2.12. The van der Waals surface area contributed by atoms with E-state index >= 15 is 0 Å². The largest absolute Gasteiger partial charge is 0.481 e. The molecule has 1 N–H and O–H groups in total. The van der Waals surface area contributed by atoms with Crippen molar-refractivity contribution in [2.24, 2.45) is 0 Å². The topological polar surface area (TPSA) is 116 Å². The number of ether oxygens (including phenoxy) is 2. The van der Waals surface area contributed by atoms with Crippen molar-refractivity contribution in [3.63, 3.8) is 0 Å². The van der Waals surface area contributed by atoms with E-state index in [-0.39, 0.29) is 37.0 Å². The van der Waals surface area contributed by atoms with Gasteiger partial charge in [-0.3, -0.25) is 9.59 Å². The predicted octanol–water partition coefficient (Wildman–Crippen LogP) is 4.58. The molecule has 2 aromatic carbocycles. The molecule has 0 unspecified atom stereocenters. The van der Waals surface area contributed by atoms with E-state index in [0.29, 0.717) is 27.7 Å². The molecule has 2 heterocycles. The first kappa shape index (κ1) is 23.1. The molecular weight excluding hydrogens is 474 g/mol. The number of esters is 1. The quantitative estimate of drug-likeness (QED) is 0.358. The maximum absolute atomic E-state index is 14.0.